The molecule has 1 spiro atoms. The quantitative estimate of drug-likeness (QED) is 0.590. The summed E-state index contributed by atoms with van der Waals surface area (Å²) in [6.07, 6.45) is 5.91. The van der Waals surface area contributed by atoms with Crippen LogP contribution in [-0.2, 0) is 4.79 Å². The Morgan fingerprint density at radius 3 is 2.88 bits per heavy atom. The summed E-state index contributed by atoms with van der Waals surface area (Å²) in [6, 6.07) is 4.59. The van der Waals surface area contributed by atoms with Crippen molar-refractivity contribution < 1.29 is 19.1 Å². The maximum absolute atomic E-state index is 12.2. The van der Waals surface area contributed by atoms with E-state index in [9.17, 15) is 14.7 Å². The zero-order valence-corrected chi connectivity index (χ0v) is 14.3. The number of carbonyl (C=O) groups is 2. The van der Waals surface area contributed by atoms with Crippen molar-refractivity contribution in [2.75, 3.05) is 13.2 Å². The van der Waals surface area contributed by atoms with Crippen molar-refractivity contribution >= 4 is 11.8 Å². The van der Waals surface area contributed by atoms with Crippen LogP contribution in [0.2, 0.25) is 0 Å². The lowest BCUT2D eigenvalue weighted by molar-refractivity contribution is -0.130. The monoisotopic (exact) mass is 358 g/mol. The molecule has 2 fully saturated rings. The Labute approximate surface area is 150 Å². The molecule has 0 aromatic carbocycles. The number of aromatic nitrogens is 2. The number of H-pyrrole nitrogens is 1. The minimum atomic E-state index is -0.509. The molecule has 2 aromatic heterocycles. The Morgan fingerprint density at radius 2 is 2.23 bits per heavy atom. The molecule has 138 valence electrons. The Bertz CT molecular complexity index is 786. The van der Waals surface area contributed by atoms with Gasteiger partial charge in [-0.2, -0.15) is 5.10 Å². The number of aromatic amines is 1. The van der Waals surface area contributed by atoms with Gasteiger partial charge >= 0.3 is 0 Å². The van der Waals surface area contributed by atoms with E-state index in [0.717, 1.165) is 12.8 Å². The van der Waals surface area contributed by atoms with Crippen molar-refractivity contribution in [1.82, 2.24) is 20.8 Å². The highest BCUT2D eigenvalue weighted by atomic mass is 16.3. The largest absolute Gasteiger partial charge is 0.463 e. The van der Waals surface area contributed by atoms with Gasteiger partial charge in [0.15, 0.2) is 11.5 Å². The van der Waals surface area contributed by atoms with Crippen molar-refractivity contribution in [1.29, 1.82) is 0 Å². The van der Waals surface area contributed by atoms with Gasteiger partial charge in [-0.25, -0.2) is 0 Å². The van der Waals surface area contributed by atoms with E-state index in [1.807, 2.05) is 0 Å². The highest BCUT2D eigenvalue weighted by Gasteiger charge is 2.55. The molecule has 2 aliphatic carbocycles. The average molecular weight is 358 g/mol. The van der Waals surface area contributed by atoms with Crippen molar-refractivity contribution in [2.45, 2.75) is 31.7 Å². The molecule has 0 bridgehead atoms. The highest BCUT2D eigenvalue weighted by Crippen LogP contribution is 2.63. The van der Waals surface area contributed by atoms with Crippen molar-refractivity contribution in [3.63, 3.8) is 0 Å². The van der Waals surface area contributed by atoms with E-state index >= 15 is 0 Å². The molecule has 0 aliphatic heterocycles. The second-order valence-corrected chi connectivity index (χ2v) is 7.35. The van der Waals surface area contributed by atoms with Gasteiger partial charge in [0.25, 0.3) is 5.91 Å². The van der Waals surface area contributed by atoms with Crippen molar-refractivity contribution in [2.24, 2.45) is 11.3 Å². The number of furan rings is 1. The molecule has 1 atom stereocenters. The maximum atomic E-state index is 12.2. The molecule has 0 unspecified atom stereocenters. The first-order valence-corrected chi connectivity index (χ1v) is 8.87. The average Bonchev–Trinajstić information content (AvgIpc) is 3.01. The lowest BCUT2D eigenvalue weighted by Gasteiger charge is -2.35. The summed E-state index contributed by atoms with van der Waals surface area (Å²) < 4.78 is 5.25. The van der Waals surface area contributed by atoms with Gasteiger partial charge in [-0.15, -0.1) is 0 Å². The van der Waals surface area contributed by atoms with E-state index in [2.05, 4.69) is 20.8 Å². The van der Waals surface area contributed by atoms with E-state index in [1.54, 1.807) is 18.2 Å². The lowest BCUT2D eigenvalue weighted by Crippen LogP contribution is -2.50. The van der Waals surface area contributed by atoms with Gasteiger partial charge in [-0.1, -0.05) is 0 Å². The number of amides is 2. The minimum Gasteiger partial charge on any atom is -0.463 e. The summed E-state index contributed by atoms with van der Waals surface area (Å²) >= 11 is 0. The summed E-state index contributed by atoms with van der Waals surface area (Å²) in [5, 5.41) is 21.7. The molecule has 0 saturated heterocycles. The summed E-state index contributed by atoms with van der Waals surface area (Å²) in [5.74, 6) is 0.221. The van der Waals surface area contributed by atoms with E-state index in [4.69, 9.17) is 4.42 Å². The maximum Gasteiger partial charge on any atom is 0.271 e. The zero-order chi connectivity index (χ0) is 18.1. The van der Waals surface area contributed by atoms with Crippen LogP contribution in [0.1, 0.15) is 36.2 Å². The Morgan fingerprint density at radius 1 is 1.42 bits per heavy atom. The third-order valence-electron chi connectivity index (χ3n) is 5.36. The molecule has 2 aromatic rings. The van der Waals surface area contributed by atoms with Gasteiger partial charge in [0.2, 0.25) is 5.91 Å². The number of aliphatic hydroxyl groups excluding tert-OH is 1. The van der Waals surface area contributed by atoms with Gasteiger partial charge < -0.3 is 20.2 Å². The third kappa shape index (κ3) is 3.37. The fourth-order valence-electron chi connectivity index (χ4n) is 3.54. The van der Waals surface area contributed by atoms with Gasteiger partial charge in [-0.05, 0) is 43.2 Å². The Hall–Kier alpha value is -2.61. The van der Waals surface area contributed by atoms with Crippen molar-refractivity contribution in [3.05, 3.63) is 30.2 Å². The van der Waals surface area contributed by atoms with Crippen LogP contribution < -0.4 is 10.6 Å². The summed E-state index contributed by atoms with van der Waals surface area (Å²) in [7, 11) is 0. The highest BCUT2D eigenvalue weighted by molar-refractivity contribution is 5.93. The number of carbonyl (C=O) groups excluding carboxylic acids is 2. The molecule has 26 heavy (non-hydrogen) atoms. The molecule has 8 nitrogen and oxygen atoms in total. The first-order valence-electron chi connectivity index (χ1n) is 8.87. The number of nitrogens with one attached hydrogen (secondary N) is 3. The van der Waals surface area contributed by atoms with E-state index in [-0.39, 0.29) is 36.6 Å². The number of hydrogen-bond donors (Lipinski definition) is 4. The smallest absolute Gasteiger partial charge is 0.271 e. The molecule has 4 rings (SSSR count). The van der Waals surface area contributed by atoms with Crippen LogP contribution in [0.25, 0.3) is 11.5 Å². The third-order valence-corrected chi connectivity index (χ3v) is 5.36. The fourth-order valence-corrected chi connectivity index (χ4v) is 3.54. The number of rotatable bonds is 7. The zero-order valence-electron chi connectivity index (χ0n) is 14.3. The van der Waals surface area contributed by atoms with Crippen LogP contribution in [0.4, 0.5) is 0 Å². The fraction of sp³-hybridized carbons (Fsp3) is 0.500. The molecule has 4 N–H and O–H groups in total. The summed E-state index contributed by atoms with van der Waals surface area (Å²) in [5.41, 5.74) is 1.27. The van der Waals surface area contributed by atoms with Gasteiger partial charge in [0, 0.05) is 18.5 Å². The van der Waals surface area contributed by atoms with Crippen LogP contribution in [0.15, 0.2) is 28.9 Å². The lowest BCUT2D eigenvalue weighted by atomic mass is 9.71. The van der Waals surface area contributed by atoms with Gasteiger partial charge in [-0.3, -0.25) is 14.7 Å². The van der Waals surface area contributed by atoms with Crippen LogP contribution in [0.5, 0.6) is 0 Å². The normalized spacial score (nSPS) is 19.0. The molecular formula is C18H22N4O4. The second-order valence-electron chi connectivity index (χ2n) is 7.35. The van der Waals surface area contributed by atoms with Crippen LogP contribution >= 0.6 is 0 Å². The summed E-state index contributed by atoms with van der Waals surface area (Å²) in [6.45, 7) is -0.0933. The molecule has 2 saturated carbocycles. The minimum absolute atomic E-state index is 0.0318. The number of hydrogen-bond acceptors (Lipinski definition) is 5. The molecule has 0 radical (unpaired) electrons. The SMILES string of the molecule is O=C(NC[C@H](CO)NC(=O)C1CC2(CC2)C1)c1cc(-c2ccco2)[nH]n1. The van der Waals surface area contributed by atoms with Crippen LogP contribution in [-0.4, -0.2) is 46.3 Å². The van der Waals surface area contributed by atoms with Crippen molar-refractivity contribution in [3.8, 4) is 11.5 Å². The first-order chi connectivity index (χ1) is 12.6. The van der Waals surface area contributed by atoms with Gasteiger partial charge in [0.05, 0.1) is 18.9 Å². The predicted octanol–water partition coefficient (Wildman–Crippen LogP) is 1.07. The Balaban J connectivity index is 1.26. The van der Waals surface area contributed by atoms with Crippen LogP contribution in [0.3, 0.4) is 0 Å². The molecule has 8 heteroatoms. The Kier molecular flexibility index (Phi) is 4.28. The predicted molar refractivity (Wildman–Crippen MR) is 92.0 cm³/mol. The standard InChI is InChI=1S/C18H22N4O4/c23-10-12(20-16(24)11-7-18(8-11)3-4-18)9-19-17(25)14-6-13(21-22-14)15-2-1-5-26-15/h1-2,5-6,11-12,23H,3-4,7-10H2,(H,19,25)(H,20,24)(H,21,22)/t12-/m1/s1. The van der Waals surface area contributed by atoms with E-state index < -0.39 is 6.04 Å². The van der Waals surface area contributed by atoms with Crippen LogP contribution in [0, 0.1) is 11.3 Å². The number of aliphatic hydroxyl groups is 1. The molecule has 2 amide bonds. The second kappa shape index (κ2) is 6.60. The van der Waals surface area contributed by atoms with E-state index in [1.165, 1.54) is 19.1 Å². The summed E-state index contributed by atoms with van der Waals surface area (Å²) in [4.78, 5) is 24.4. The molecule has 2 heterocycles. The van der Waals surface area contributed by atoms with E-state index in [0.29, 0.717) is 16.9 Å². The molecule has 2 aliphatic rings. The molecular weight excluding hydrogens is 336 g/mol. The topological polar surface area (TPSA) is 120 Å². The number of nitrogens with zero attached hydrogens (tertiary/aromatic N) is 1. The first kappa shape index (κ1) is 16.8. The van der Waals surface area contributed by atoms with Gasteiger partial charge in [0.1, 0.15) is 5.69 Å².